The normalized spacial score (nSPS) is 17.4. The third-order valence-electron chi connectivity index (χ3n) is 3.54. The van der Waals surface area contributed by atoms with Crippen LogP contribution in [0.1, 0.15) is 36.5 Å². The van der Waals surface area contributed by atoms with Crippen LogP contribution in [0.2, 0.25) is 0 Å². The molecule has 0 radical (unpaired) electrons. The summed E-state index contributed by atoms with van der Waals surface area (Å²) in [6.45, 7) is 0. The second-order valence-electron chi connectivity index (χ2n) is 4.88. The molecule has 2 aromatic heterocycles. The number of hydrogen-bond acceptors (Lipinski definition) is 5. The number of rotatable bonds is 4. The molecule has 1 saturated carbocycles. The molecule has 5 heteroatoms. The van der Waals surface area contributed by atoms with Gasteiger partial charge in [-0.15, -0.1) is 0 Å². The predicted molar refractivity (Wildman–Crippen MR) is 65.7 cm³/mol. The molecule has 18 heavy (non-hydrogen) atoms. The lowest BCUT2D eigenvalue weighted by Crippen LogP contribution is -2.44. The van der Waals surface area contributed by atoms with E-state index in [2.05, 4.69) is 15.1 Å². The molecule has 1 aliphatic carbocycles. The van der Waals surface area contributed by atoms with Crippen molar-refractivity contribution in [1.29, 1.82) is 0 Å². The van der Waals surface area contributed by atoms with E-state index in [4.69, 9.17) is 10.3 Å². The Balaban J connectivity index is 1.64. The first-order valence-corrected chi connectivity index (χ1v) is 6.27. The van der Waals surface area contributed by atoms with Gasteiger partial charge in [0.1, 0.15) is 0 Å². The summed E-state index contributed by atoms with van der Waals surface area (Å²) in [6, 6.07) is 3.99. The lowest BCUT2D eigenvalue weighted by atomic mass is 9.77. The first-order chi connectivity index (χ1) is 8.76. The van der Waals surface area contributed by atoms with Gasteiger partial charge in [0.05, 0.1) is 5.54 Å². The zero-order valence-electron chi connectivity index (χ0n) is 10.2. The van der Waals surface area contributed by atoms with Crippen LogP contribution in [0.15, 0.2) is 29.0 Å². The fourth-order valence-corrected chi connectivity index (χ4v) is 2.14. The summed E-state index contributed by atoms with van der Waals surface area (Å²) < 4.78 is 5.25. The topological polar surface area (TPSA) is 77.8 Å². The fourth-order valence-electron chi connectivity index (χ4n) is 2.14. The van der Waals surface area contributed by atoms with Crippen LogP contribution in [0, 0.1) is 0 Å². The molecule has 94 valence electrons. The quantitative estimate of drug-likeness (QED) is 0.883. The van der Waals surface area contributed by atoms with Gasteiger partial charge in [-0.25, -0.2) is 0 Å². The van der Waals surface area contributed by atoms with Gasteiger partial charge in [0.2, 0.25) is 5.89 Å². The Hall–Kier alpha value is -1.75. The highest BCUT2D eigenvalue weighted by atomic mass is 16.5. The fraction of sp³-hybridized carbons (Fsp3) is 0.462. The van der Waals surface area contributed by atoms with Crippen LogP contribution >= 0.6 is 0 Å². The Morgan fingerprint density at radius 1 is 1.22 bits per heavy atom. The van der Waals surface area contributed by atoms with E-state index in [9.17, 15) is 0 Å². The molecule has 0 unspecified atom stereocenters. The maximum atomic E-state index is 6.15. The van der Waals surface area contributed by atoms with E-state index in [-0.39, 0.29) is 5.54 Å². The van der Waals surface area contributed by atoms with Crippen molar-refractivity contribution >= 4 is 0 Å². The third kappa shape index (κ3) is 2.13. The molecule has 2 N–H and O–H groups in total. The number of nitrogens with zero attached hydrogens (tertiary/aromatic N) is 3. The van der Waals surface area contributed by atoms with Gasteiger partial charge in [-0.05, 0) is 43.4 Å². The van der Waals surface area contributed by atoms with Gasteiger partial charge < -0.3 is 10.3 Å². The molecule has 0 saturated heterocycles. The van der Waals surface area contributed by atoms with E-state index in [1.807, 2.05) is 12.1 Å². The molecule has 0 amide bonds. The van der Waals surface area contributed by atoms with Gasteiger partial charge in [-0.2, -0.15) is 4.98 Å². The number of aryl methyl sites for hydroxylation is 2. The van der Waals surface area contributed by atoms with Crippen LogP contribution in [0.5, 0.6) is 0 Å². The van der Waals surface area contributed by atoms with Crippen LogP contribution in [0.25, 0.3) is 0 Å². The van der Waals surface area contributed by atoms with Crippen molar-refractivity contribution in [3.05, 3.63) is 41.8 Å². The molecule has 2 heterocycles. The second kappa shape index (κ2) is 4.49. The van der Waals surface area contributed by atoms with Crippen molar-refractivity contribution in [1.82, 2.24) is 15.1 Å². The number of pyridine rings is 1. The van der Waals surface area contributed by atoms with Crippen LogP contribution in [-0.4, -0.2) is 15.1 Å². The predicted octanol–water partition coefficient (Wildman–Crippen LogP) is 1.59. The van der Waals surface area contributed by atoms with Crippen molar-refractivity contribution in [3.63, 3.8) is 0 Å². The number of hydrogen-bond donors (Lipinski definition) is 1. The van der Waals surface area contributed by atoms with E-state index in [1.165, 1.54) is 5.56 Å². The Bertz CT molecular complexity index is 519. The third-order valence-corrected chi connectivity index (χ3v) is 3.54. The monoisotopic (exact) mass is 244 g/mol. The zero-order valence-corrected chi connectivity index (χ0v) is 10.2. The number of aromatic nitrogens is 3. The smallest absolute Gasteiger partial charge is 0.227 e. The van der Waals surface area contributed by atoms with Crippen LogP contribution in [0.4, 0.5) is 0 Å². The summed E-state index contributed by atoms with van der Waals surface area (Å²) in [6.07, 6.45) is 8.26. The van der Waals surface area contributed by atoms with Gasteiger partial charge in [0, 0.05) is 18.8 Å². The molecule has 2 aromatic rings. The Kier molecular flexibility index (Phi) is 2.83. The summed E-state index contributed by atoms with van der Waals surface area (Å²) in [5.41, 5.74) is 7.03. The van der Waals surface area contributed by atoms with E-state index in [0.29, 0.717) is 11.7 Å². The van der Waals surface area contributed by atoms with E-state index in [1.54, 1.807) is 12.4 Å². The zero-order chi connectivity index (χ0) is 12.4. The first-order valence-electron chi connectivity index (χ1n) is 6.27. The largest absolute Gasteiger partial charge is 0.339 e. The minimum Gasteiger partial charge on any atom is -0.339 e. The lowest BCUT2D eigenvalue weighted by molar-refractivity contribution is 0.229. The van der Waals surface area contributed by atoms with Crippen LogP contribution < -0.4 is 5.73 Å². The van der Waals surface area contributed by atoms with Crippen molar-refractivity contribution < 1.29 is 4.52 Å². The minimum absolute atomic E-state index is 0.335. The minimum atomic E-state index is -0.335. The maximum absolute atomic E-state index is 6.15. The van der Waals surface area contributed by atoms with Gasteiger partial charge >= 0.3 is 0 Å². The van der Waals surface area contributed by atoms with Crippen molar-refractivity contribution in [2.24, 2.45) is 5.73 Å². The highest BCUT2D eigenvalue weighted by molar-refractivity contribution is 5.12. The van der Waals surface area contributed by atoms with Crippen molar-refractivity contribution in [2.45, 2.75) is 37.6 Å². The molecule has 3 rings (SSSR count). The molecule has 0 aromatic carbocycles. The Morgan fingerprint density at radius 3 is 2.67 bits per heavy atom. The first kappa shape index (κ1) is 11.3. The highest BCUT2D eigenvalue weighted by Gasteiger charge is 2.38. The number of nitrogens with two attached hydrogens (primary N) is 1. The van der Waals surface area contributed by atoms with Gasteiger partial charge in [-0.1, -0.05) is 5.16 Å². The summed E-state index contributed by atoms with van der Waals surface area (Å²) in [7, 11) is 0. The second-order valence-corrected chi connectivity index (χ2v) is 4.88. The van der Waals surface area contributed by atoms with Crippen molar-refractivity contribution in [2.75, 3.05) is 0 Å². The molecule has 1 aliphatic rings. The summed E-state index contributed by atoms with van der Waals surface area (Å²) in [5.74, 6) is 1.33. The Labute approximate surface area is 105 Å². The standard InChI is InChI=1S/C13H16N4O/c14-13(6-1-7-13)12-16-11(18-17-12)3-2-10-4-8-15-9-5-10/h4-5,8-9H,1-3,6-7,14H2. The SMILES string of the molecule is NC1(c2noc(CCc3ccncc3)n2)CCC1. The molecular weight excluding hydrogens is 228 g/mol. The van der Waals surface area contributed by atoms with Gasteiger partial charge in [0.25, 0.3) is 0 Å². The molecular formula is C13H16N4O. The maximum Gasteiger partial charge on any atom is 0.227 e. The summed E-state index contributed by atoms with van der Waals surface area (Å²) in [5, 5.41) is 4.00. The molecule has 0 atom stereocenters. The molecule has 5 nitrogen and oxygen atoms in total. The summed E-state index contributed by atoms with van der Waals surface area (Å²) in [4.78, 5) is 8.39. The van der Waals surface area contributed by atoms with Crippen LogP contribution in [0.3, 0.4) is 0 Å². The summed E-state index contributed by atoms with van der Waals surface area (Å²) >= 11 is 0. The molecule has 1 fully saturated rings. The molecule has 0 bridgehead atoms. The van der Waals surface area contributed by atoms with E-state index >= 15 is 0 Å². The highest BCUT2D eigenvalue weighted by Crippen LogP contribution is 2.36. The van der Waals surface area contributed by atoms with E-state index in [0.717, 1.165) is 32.1 Å². The lowest BCUT2D eigenvalue weighted by Gasteiger charge is -2.34. The average Bonchev–Trinajstić information content (AvgIpc) is 2.84. The van der Waals surface area contributed by atoms with Crippen molar-refractivity contribution in [3.8, 4) is 0 Å². The van der Waals surface area contributed by atoms with Gasteiger partial charge in [-0.3, -0.25) is 4.98 Å². The molecule has 0 aliphatic heterocycles. The van der Waals surface area contributed by atoms with E-state index < -0.39 is 0 Å². The van der Waals surface area contributed by atoms with Gasteiger partial charge in [0.15, 0.2) is 5.82 Å². The van der Waals surface area contributed by atoms with Crippen LogP contribution in [-0.2, 0) is 18.4 Å². The average molecular weight is 244 g/mol. The molecule has 0 spiro atoms. The Morgan fingerprint density at radius 2 is 2.00 bits per heavy atom.